The molecule has 2 rings (SSSR count). The van der Waals surface area contributed by atoms with Crippen LogP contribution in [0.15, 0.2) is 30.3 Å². The first-order valence-electron chi connectivity index (χ1n) is 6.24. The maximum Gasteiger partial charge on any atom is 0.416 e. The molecule has 1 aliphatic rings. The summed E-state index contributed by atoms with van der Waals surface area (Å²) < 4.78 is 36.4. The number of carboxylic acid groups (broad SMARTS) is 1. The first-order chi connectivity index (χ1) is 10.6. The Bertz CT molecular complexity index is 606. The van der Waals surface area contributed by atoms with E-state index in [1.807, 2.05) is 0 Å². The van der Waals surface area contributed by atoms with E-state index >= 15 is 0 Å². The molecule has 2 amide bonds. The van der Waals surface area contributed by atoms with Crippen molar-refractivity contribution in [3.8, 4) is 0 Å². The largest absolute Gasteiger partial charge is 0.478 e. The maximum atomic E-state index is 12.1. The number of aliphatic carboxylic acids is 1. The third kappa shape index (κ3) is 5.91. The van der Waals surface area contributed by atoms with Crippen LogP contribution in [0.1, 0.15) is 24.0 Å². The van der Waals surface area contributed by atoms with Crippen LogP contribution >= 0.6 is 0 Å². The highest BCUT2D eigenvalue weighted by Crippen LogP contribution is 2.29. The van der Waals surface area contributed by atoms with Crippen molar-refractivity contribution < 1.29 is 37.9 Å². The Kier molecular flexibility index (Phi) is 6.02. The summed E-state index contributed by atoms with van der Waals surface area (Å²) in [4.78, 5) is 30.6. The van der Waals surface area contributed by atoms with Gasteiger partial charge in [0.05, 0.1) is 5.56 Å². The highest BCUT2D eigenvalue weighted by Gasteiger charge is 2.29. The third-order valence-electron chi connectivity index (χ3n) is 2.68. The normalized spacial score (nSPS) is 14.9. The van der Waals surface area contributed by atoms with Gasteiger partial charge in [-0.05, 0) is 23.8 Å². The molecule has 1 saturated heterocycles. The summed E-state index contributed by atoms with van der Waals surface area (Å²) >= 11 is 0. The number of carboxylic acids is 1. The van der Waals surface area contributed by atoms with Gasteiger partial charge in [-0.15, -0.1) is 0 Å². The molecule has 1 aromatic rings. The Balaban J connectivity index is 0.000000277. The zero-order chi connectivity index (χ0) is 17.6. The lowest BCUT2D eigenvalue weighted by Gasteiger charge is -2.05. The van der Waals surface area contributed by atoms with E-state index in [9.17, 15) is 27.6 Å². The summed E-state index contributed by atoms with van der Waals surface area (Å²) in [5, 5.41) is 16.9. The first kappa shape index (κ1) is 18.4. The topological polar surface area (TPSA) is 94.9 Å². The molecule has 0 radical (unpaired) electrons. The molecule has 2 N–H and O–H groups in total. The van der Waals surface area contributed by atoms with E-state index in [4.69, 9.17) is 10.3 Å². The van der Waals surface area contributed by atoms with E-state index < -0.39 is 29.5 Å². The number of amides is 2. The van der Waals surface area contributed by atoms with Gasteiger partial charge in [-0.1, -0.05) is 12.1 Å². The SMILES string of the molecule is O=C(O)C=Cc1ccc(C(F)(F)F)cc1.O=C1CCC(=O)N1O. The lowest BCUT2D eigenvalue weighted by Crippen LogP contribution is -2.24. The van der Waals surface area contributed by atoms with Crippen LogP contribution in [0, 0.1) is 0 Å². The summed E-state index contributed by atoms with van der Waals surface area (Å²) in [5.74, 6) is -2.15. The highest BCUT2D eigenvalue weighted by molar-refractivity contribution is 6.00. The van der Waals surface area contributed by atoms with Gasteiger partial charge in [0.1, 0.15) is 0 Å². The number of hydroxylamine groups is 2. The Labute approximate surface area is 128 Å². The first-order valence-corrected chi connectivity index (χ1v) is 6.24. The fraction of sp³-hybridized carbons (Fsp3) is 0.214. The molecule has 0 spiro atoms. The van der Waals surface area contributed by atoms with Crippen LogP contribution in [0.5, 0.6) is 0 Å². The van der Waals surface area contributed by atoms with Gasteiger partial charge >= 0.3 is 12.1 Å². The van der Waals surface area contributed by atoms with Crippen molar-refractivity contribution in [3.05, 3.63) is 41.5 Å². The van der Waals surface area contributed by atoms with Crippen LogP contribution in [-0.2, 0) is 20.6 Å². The van der Waals surface area contributed by atoms with E-state index in [0.717, 1.165) is 18.2 Å². The lowest BCUT2D eigenvalue weighted by molar-refractivity contribution is -0.171. The number of alkyl halides is 3. The van der Waals surface area contributed by atoms with Crippen molar-refractivity contribution in [2.75, 3.05) is 0 Å². The zero-order valence-electron chi connectivity index (χ0n) is 11.6. The molecule has 0 unspecified atom stereocenters. The molecule has 0 bridgehead atoms. The van der Waals surface area contributed by atoms with Crippen molar-refractivity contribution in [1.82, 2.24) is 5.06 Å². The number of nitrogens with zero attached hydrogens (tertiary/aromatic N) is 1. The lowest BCUT2D eigenvalue weighted by atomic mass is 10.1. The van der Waals surface area contributed by atoms with Crippen molar-refractivity contribution in [2.45, 2.75) is 19.0 Å². The van der Waals surface area contributed by atoms with E-state index in [0.29, 0.717) is 5.56 Å². The summed E-state index contributed by atoms with van der Waals surface area (Å²) in [5.41, 5.74) is -0.347. The second-order valence-corrected chi connectivity index (χ2v) is 4.39. The standard InChI is InChI=1S/C10H7F3O2.C4H5NO3/c11-10(12,13)8-4-1-7(2-5-8)3-6-9(14)15;6-3-1-2-4(7)5(3)8/h1-6H,(H,14,15);8H,1-2H2. The Morgan fingerprint density at radius 3 is 1.87 bits per heavy atom. The molecule has 6 nitrogen and oxygen atoms in total. The quantitative estimate of drug-likeness (QED) is 0.493. The fourth-order valence-electron chi connectivity index (χ4n) is 1.52. The van der Waals surface area contributed by atoms with Gasteiger partial charge in [-0.25, -0.2) is 4.79 Å². The predicted molar refractivity (Wildman–Crippen MR) is 71.0 cm³/mol. The van der Waals surface area contributed by atoms with Crippen molar-refractivity contribution in [3.63, 3.8) is 0 Å². The summed E-state index contributed by atoms with van der Waals surface area (Å²) in [6.07, 6.45) is -1.98. The van der Waals surface area contributed by atoms with E-state index in [-0.39, 0.29) is 17.9 Å². The Hall–Kier alpha value is -2.68. The van der Waals surface area contributed by atoms with Crippen LogP contribution in [0.25, 0.3) is 6.08 Å². The number of benzene rings is 1. The number of imide groups is 1. The van der Waals surface area contributed by atoms with Crippen LogP contribution in [-0.4, -0.2) is 33.2 Å². The molecular formula is C14H12F3NO5. The van der Waals surface area contributed by atoms with Gasteiger partial charge in [-0.3, -0.25) is 14.8 Å². The van der Waals surface area contributed by atoms with Crippen molar-refractivity contribution >= 4 is 23.9 Å². The number of hydrogen-bond donors (Lipinski definition) is 2. The van der Waals surface area contributed by atoms with Crippen LogP contribution in [0.2, 0.25) is 0 Å². The van der Waals surface area contributed by atoms with Crippen molar-refractivity contribution in [2.24, 2.45) is 0 Å². The molecule has 1 aromatic carbocycles. The molecule has 0 atom stereocenters. The van der Waals surface area contributed by atoms with Gasteiger partial charge in [-0.2, -0.15) is 18.2 Å². The fourth-order valence-corrected chi connectivity index (χ4v) is 1.52. The Morgan fingerprint density at radius 1 is 1.09 bits per heavy atom. The molecule has 23 heavy (non-hydrogen) atoms. The van der Waals surface area contributed by atoms with Crippen LogP contribution < -0.4 is 0 Å². The van der Waals surface area contributed by atoms with Gasteiger partial charge in [0.2, 0.25) is 0 Å². The monoisotopic (exact) mass is 331 g/mol. The number of hydrogen-bond acceptors (Lipinski definition) is 4. The minimum absolute atomic E-state index is 0.148. The number of carbonyl (C=O) groups is 3. The summed E-state index contributed by atoms with van der Waals surface area (Å²) in [6, 6.07) is 4.23. The highest BCUT2D eigenvalue weighted by atomic mass is 19.4. The van der Waals surface area contributed by atoms with E-state index in [2.05, 4.69) is 0 Å². The zero-order valence-corrected chi connectivity index (χ0v) is 11.6. The predicted octanol–water partition coefficient (Wildman–Crippen LogP) is 2.33. The molecule has 1 aliphatic heterocycles. The van der Waals surface area contributed by atoms with Gasteiger partial charge in [0, 0.05) is 18.9 Å². The van der Waals surface area contributed by atoms with Crippen molar-refractivity contribution in [1.29, 1.82) is 0 Å². The smallest absolute Gasteiger partial charge is 0.416 e. The van der Waals surface area contributed by atoms with Gasteiger partial charge < -0.3 is 5.11 Å². The van der Waals surface area contributed by atoms with Gasteiger partial charge in [0.25, 0.3) is 11.8 Å². The Morgan fingerprint density at radius 2 is 1.57 bits per heavy atom. The molecule has 1 fully saturated rings. The van der Waals surface area contributed by atoms with E-state index in [1.165, 1.54) is 18.2 Å². The second-order valence-electron chi connectivity index (χ2n) is 4.39. The molecule has 1 heterocycles. The van der Waals surface area contributed by atoms with Crippen LogP contribution in [0.4, 0.5) is 13.2 Å². The number of carbonyl (C=O) groups excluding carboxylic acids is 2. The minimum Gasteiger partial charge on any atom is -0.478 e. The number of rotatable bonds is 2. The van der Waals surface area contributed by atoms with E-state index in [1.54, 1.807) is 0 Å². The average Bonchev–Trinajstić information content (AvgIpc) is 2.76. The molecule has 9 heteroatoms. The second kappa shape index (κ2) is 7.54. The average molecular weight is 331 g/mol. The molecule has 124 valence electrons. The summed E-state index contributed by atoms with van der Waals surface area (Å²) in [6.45, 7) is 0. The summed E-state index contributed by atoms with van der Waals surface area (Å²) in [7, 11) is 0. The van der Waals surface area contributed by atoms with Gasteiger partial charge in [0.15, 0.2) is 0 Å². The molecule has 0 aliphatic carbocycles. The molecule has 0 aromatic heterocycles. The third-order valence-corrected chi connectivity index (χ3v) is 2.68. The maximum absolute atomic E-state index is 12.1. The minimum atomic E-state index is -4.37. The molecule has 0 saturated carbocycles. The van der Waals surface area contributed by atoms with Crippen LogP contribution in [0.3, 0.4) is 0 Å². The molecular weight excluding hydrogens is 319 g/mol. The number of halogens is 3.